The van der Waals surface area contributed by atoms with Crippen LogP contribution in [0, 0.1) is 47.3 Å². The third kappa shape index (κ3) is 11.9. The van der Waals surface area contributed by atoms with E-state index in [1.54, 1.807) is 22.3 Å². The van der Waals surface area contributed by atoms with Crippen molar-refractivity contribution in [2.75, 3.05) is 9.80 Å². The fourth-order valence-electron chi connectivity index (χ4n) is 25.1. The van der Waals surface area contributed by atoms with Crippen LogP contribution in [-0.4, -0.2) is 0 Å². The standard InChI is InChI=1S/C58H45NO2.C58H45NS2/c2*1-3-9-39(10-4-1)41-15-21-47(22-16-41)59(48-23-17-42(18-24-48)40-11-5-2-6-12-40)49-25-28-55-57(36-49)61-56-35-44(20-27-54(56)60-55)43-19-26-53-51(34-43)50-13-7-8-14-52(50)58(53)45-30-37-29-38(32-45)33-46(58)31-37/h2*1-28,34-38,45-46H,29-33H2. The summed E-state index contributed by atoms with van der Waals surface area (Å²) in [5.74, 6) is 9.73. The quantitative estimate of drug-likeness (QED) is 0.121. The smallest absolute Gasteiger partial charge is 0.172 e. The van der Waals surface area contributed by atoms with Gasteiger partial charge in [-0.1, -0.05) is 278 Å². The normalized spacial score (nSPS) is 22.2. The maximum atomic E-state index is 6.81. The maximum Gasteiger partial charge on any atom is 0.172 e. The number of fused-ring (bicyclic) bond motifs is 10. The Labute approximate surface area is 724 Å². The van der Waals surface area contributed by atoms with Crippen molar-refractivity contribution in [3.8, 4) is 112 Å². The van der Waals surface area contributed by atoms with Gasteiger partial charge in [0.2, 0.25) is 0 Å². The lowest BCUT2D eigenvalue weighted by Gasteiger charge is -2.61. The van der Waals surface area contributed by atoms with E-state index in [0.29, 0.717) is 11.5 Å². The fraction of sp³-hybridized carbons (Fsp3) is 0.172. The van der Waals surface area contributed by atoms with Gasteiger partial charge < -0.3 is 19.3 Å². The van der Waals surface area contributed by atoms with Crippen molar-refractivity contribution >= 4 is 57.6 Å². The first-order chi connectivity index (χ1) is 60.3. The number of benzene rings is 16. The van der Waals surface area contributed by atoms with Crippen LogP contribution >= 0.6 is 23.5 Å². The van der Waals surface area contributed by atoms with Crippen LogP contribution in [0.15, 0.2) is 396 Å². The van der Waals surface area contributed by atoms with Gasteiger partial charge >= 0.3 is 0 Å². The SMILES string of the molecule is c1ccc(-c2ccc(N(c3ccc(-c4ccccc4)cc3)c3ccc4c(c3)Oc3cc(-c5ccc6c(c5)-c5ccccc5C65C6CC7CC(C6)CC5C7)ccc3O4)cc2)cc1.c1ccc(-c2ccc(N(c3ccc(-c4ccccc4)cc3)c3ccc4c(c3)Sc3cc(-c5ccc6c(c5)-c5ccccc5C65C6CC7CC(C6)CC5C7)ccc3S4)cc2)cc1. The van der Waals surface area contributed by atoms with Crippen molar-refractivity contribution in [3.05, 3.63) is 398 Å². The summed E-state index contributed by atoms with van der Waals surface area (Å²) >= 11 is 3.81. The molecule has 0 amide bonds. The fourth-order valence-corrected chi connectivity index (χ4v) is 27.4. The number of rotatable bonds is 12. The highest BCUT2D eigenvalue weighted by Crippen LogP contribution is 2.72. The van der Waals surface area contributed by atoms with Crippen molar-refractivity contribution in [2.24, 2.45) is 47.3 Å². The van der Waals surface area contributed by atoms with Crippen LogP contribution in [0.25, 0.3) is 89.0 Å². The lowest BCUT2D eigenvalue weighted by Crippen LogP contribution is -2.55. The maximum absolute atomic E-state index is 6.81. The van der Waals surface area contributed by atoms with Gasteiger partial charge in [0.25, 0.3) is 0 Å². The third-order valence-corrected chi connectivity index (χ3v) is 32.4. The molecule has 10 aliphatic carbocycles. The minimum Gasteiger partial charge on any atom is -0.450 e. The molecular weight excluding hydrogens is 1520 g/mol. The first-order valence-corrected chi connectivity index (χ1v) is 45.9. The van der Waals surface area contributed by atoms with Gasteiger partial charge in [0.05, 0.1) is 5.69 Å². The molecule has 122 heavy (non-hydrogen) atoms. The summed E-state index contributed by atoms with van der Waals surface area (Å²) < 4.78 is 13.4. The van der Waals surface area contributed by atoms with Gasteiger partial charge in [-0.3, -0.25) is 0 Å². The van der Waals surface area contributed by atoms with Gasteiger partial charge in [-0.05, 0) is 338 Å². The molecule has 12 aliphatic rings. The summed E-state index contributed by atoms with van der Waals surface area (Å²) in [7, 11) is 0. The summed E-state index contributed by atoms with van der Waals surface area (Å²) in [4.78, 5) is 9.96. The first kappa shape index (κ1) is 72.3. The van der Waals surface area contributed by atoms with Crippen LogP contribution in [0.3, 0.4) is 0 Å². The van der Waals surface area contributed by atoms with Crippen LogP contribution < -0.4 is 19.3 Å². The van der Waals surface area contributed by atoms with E-state index in [-0.39, 0.29) is 10.8 Å². The van der Waals surface area contributed by atoms with Crippen molar-refractivity contribution < 1.29 is 9.47 Å². The summed E-state index contributed by atoms with van der Waals surface area (Å²) in [6, 6.07) is 139. The van der Waals surface area contributed by atoms with Crippen molar-refractivity contribution in [1.29, 1.82) is 0 Å². The van der Waals surface area contributed by atoms with Crippen LogP contribution in [0.1, 0.15) is 86.5 Å². The second-order valence-corrected chi connectivity index (χ2v) is 38.4. The van der Waals surface area contributed by atoms with E-state index >= 15 is 0 Å². The highest BCUT2D eigenvalue weighted by atomic mass is 32.2. The molecule has 28 rings (SSSR count). The highest BCUT2D eigenvalue weighted by Gasteiger charge is 2.63. The average Bonchev–Trinajstić information content (AvgIpc) is 1.50. The van der Waals surface area contributed by atoms with Crippen LogP contribution in [0.2, 0.25) is 0 Å². The molecule has 0 radical (unpaired) electrons. The zero-order chi connectivity index (χ0) is 80.1. The molecule has 0 atom stereocenters. The Bertz CT molecular complexity index is 6130. The minimum absolute atomic E-state index is 0.174. The third-order valence-electron chi connectivity index (χ3n) is 29.8. The second kappa shape index (κ2) is 29.1. The lowest BCUT2D eigenvalue weighted by atomic mass is 9.43. The van der Waals surface area contributed by atoms with Crippen molar-refractivity contribution in [1.82, 2.24) is 0 Å². The van der Waals surface area contributed by atoms with E-state index < -0.39 is 0 Å². The lowest BCUT2D eigenvalue weighted by molar-refractivity contribution is -0.0399. The molecule has 0 N–H and O–H groups in total. The van der Waals surface area contributed by atoms with E-state index in [1.807, 2.05) is 29.6 Å². The number of ether oxygens (including phenoxy) is 2. The molecule has 0 saturated heterocycles. The molecule has 0 aromatic heterocycles. The number of anilines is 6. The van der Waals surface area contributed by atoms with Gasteiger partial charge in [0.15, 0.2) is 23.0 Å². The zero-order valence-electron chi connectivity index (χ0n) is 68.0. The van der Waals surface area contributed by atoms with E-state index in [2.05, 4.69) is 380 Å². The Morgan fingerprint density at radius 3 is 0.902 bits per heavy atom. The second-order valence-electron chi connectivity index (χ2n) is 36.3. The number of hydrogen-bond acceptors (Lipinski definition) is 6. The topological polar surface area (TPSA) is 24.9 Å². The predicted molar refractivity (Wildman–Crippen MR) is 503 cm³/mol. The molecule has 2 spiro atoms. The predicted octanol–water partition coefficient (Wildman–Crippen LogP) is 32.3. The first-order valence-electron chi connectivity index (χ1n) is 44.3. The number of nitrogens with zero attached hydrogens (tertiary/aromatic N) is 2. The average molecular weight is 1610 g/mol. The van der Waals surface area contributed by atoms with Crippen LogP contribution in [0.4, 0.5) is 34.1 Å². The van der Waals surface area contributed by atoms with E-state index in [0.717, 1.165) is 98.5 Å². The molecule has 16 aromatic carbocycles. The molecule has 4 nitrogen and oxygen atoms in total. The molecule has 8 fully saturated rings. The van der Waals surface area contributed by atoms with E-state index in [1.165, 1.54) is 167 Å². The minimum atomic E-state index is 0.174. The van der Waals surface area contributed by atoms with E-state index in [4.69, 9.17) is 9.47 Å². The Kier molecular flexibility index (Phi) is 17.2. The molecule has 16 aromatic rings. The van der Waals surface area contributed by atoms with Crippen LogP contribution in [0.5, 0.6) is 23.0 Å². The van der Waals surface area contributed by atoms with Gasteiger partial charge in [0.1, 0.15) is 0 Å². The van der Waals surface area contributed by atoms with Gasteiger partial charge in [-0.2, -0.15) is 0 Å². The monoisotopic (exact) mass is 1610 g/mol. The Hall–Kier alpha value is -12.6. The largest absolute Gasteiger partial charge is 0.450 e. The summed E-state index contributed by atoms with van der Waals surface area (Å²) in [6.07, 6.45) is 14.2. The molecule has 588 valence electrons. The molecule has 2 heterocycles. The Morgan fingerprint density at radius 2 is 0.475 bits per heavy atom. The number of hydrogen-bond donors (Lipinski definition) is 0. The molecule has 6 heteroatoms. The summed E-state index contributed by atoms with van der Waals surface area (Å²) in [5.41, 5.74) is 33.8. The molecule has 2 aliphatic heterocycles. The molecular formula is C116H90N2O2S2. The summed E-state index contributed by atoms with van der Waals surface area (Å²) in [5, 5.41) is 0. The summed E-state index contributed by atoms with van der Waals surface area (Å²) in [6.45, 7) is 0. The van der Waals surface area contributed by atoms with Gasteiger partial charge in [-0.15, -0.1) is 0 Å². The van der Waals surface area contributed by atoms with Crippen molar-refractivity contribution in [2.45, 2.75) is 94.6 Å². The Balaban J connectivity index is 0.000000134. The Morgan fingerprint density at radius 1 is 0.197 bits per heavy atom. The molecule has 8 bridgehead atoms. The van der Waals surface area contributed by atoms with Crippen LogP contribution in [-0.2, 0) is 10.8 Å². The highest BCUT2D eigenvalue weighted by molar-refractivity contribution is 8.05. The zero-order valence-corrected chi connectivity index (χ0v) is 69.6. The molecule has 8 saturated carbocycles. The van der Waals surface area contributed by atoms with Gasteiger partial charge in [0, 0.05) is 64.9 Å². The molecule has 0 unspecified atom stereocenters. The van der Waals surface area contributed by atoms with Gasteiger partial charge in [-0.25, -0.2) is 0 Å². The van der Waals surface area contributed by atoms with E-state index in [9.17, 15) is 0 Å². The van der Waals surface area contributed by atoms with Crippen molar-refractivity contribution in [3.63, 3.8) is 0 Å².